The van der Waals surface area contributed by atoms with Gasteiger partial charge in [0.15, 0.2) is 0 Å². The number of amides is 2. The molecule has 0 radical (unpaired) electrons. The van der Waals surface area contributed by atoms with Crippen LogP contribution in [0.4, 0.5) is 9.59 Å². The molecule has 1 aromatic carbocycles. The van der Waals surface area contributed by atoms with E-state index in [1.165, 1.54) is 11.3 Å². The number of ether oxygens (including phenoxy) is 1. The van der Waals surface area contributed by atoms with Crippen LogP contribution in [0.3, 0.4) is 0 Å². The number of aromatic nitrogens is 1. The van der Waals surface area contributed by atoms with Crippen molar-refractivity contribution in [1.82, 2.24) is 15.2 Å². The predicted octanol–water partition coefficient (Wildman–Crippen LogP) is 2.94. The SMILES string of the molecule is O=C(O)NCCCN(Cc1ccccc1)C(=O)OCc1cncs1. The van der Waals surface area contributed by atoms with Crippen LogP contribution in [0, 0.1) is 0 Å². The summed E-state index contributed by atoms with van der Waals surface area (Å²) >= 11 is 1.42. The molecule has 128 valence electrons. The third kappa shape index (κ3) is 6.25. The topological polar surface area (TPSA) is 91.8 Å². The average molecular weight is 349 g/mol. The Bertz CT molecular complexity index is 634. The Balaban J connectivity index is 1.89. The van der Waals surface area contributed by atoms with Crippen LogP contribution >= 0.6 is 11.3 Å². The van der Waals surface area contributed by atoms with Gasteiger partial charge < -0.3 is 20.1 Å². The van der Waals surface area contributed by atoms with Crippen molar-refractivity contribution in [1.29, 1.82) is 0 Å². The van der Waals surface area contributed by atoms with Gasteiger partial charge in [-0.2, -0.15) is 0 Å². The van der Waals surface area contributed by atoms with Crippen molar-refractivity contribution in [2.75, 3.05) is 13.1 Å². The largest absolute Gasteiger partial charge is 0.465 e. The molecular formula is C16H19N3O4S. The third-order valence-electron chi connectivity index (χ3n) is 3.18. The highest BCUT2D eigenvalue weighted by Gasteiger charge is 2.16. The molecule has 2 N–H and O–H groups in total. The normalized spacial score (nSPS) is 10.2. The molecule has 0 aliphatic carbocycles. The molecule has 0 saturated heterocycles. The second-order valence-electron chi connectivity index (χ2n) is 5.01. The maximum atomic E-state index is 12.3. The van der Waals surface area contributed by atoms with E-state index in [1.807, 2.05) is 30.3 Å². The van der Waals surface area contributed by atoms with Crippen LogP contribution in [0.2, 0.25) is 0 Å². The van der Waals surface area contributed by atoms with Crippen LogP contribution in [0.1, 0.15) is 16.9 Å². The van der Waals surface area contributed by atoms with Crippen molar-refractivity contribution in [3.8, 4) is 0 Å². The van der Waals surface area contributed by atoms with Crippen molar-refractivity contribution < 1.29 is 19.4 Å². The molecule has 0 unspecified atom stereocenters. The first kappa shape index (κ1) is 17.7. The van der Waals surface area contributed by atoms with Crippen molar-refractivity contribution in [3.05, 3.63) is 52.5 Å². The number of nitrogens with zero attached hydrogens (tertiary/aromatic N) is 2. The first-order valence-corrected chi connectivity index (χ1v) is 8.33. The van der Waals surface area contributed by atoms with Crippen molar-refractivity contribution >= 4 is 23.5 Å². The minimum Gasteiger partial charge on any atom is -0.465 e. The highest BCUT2D eigenvalue weighted by Crippen LogP contribution is 2.11. The zero-order chi connectivity index (χ0) is 17.2. The number of carboxylic acid groups (broad SMARTS) is 1. The van der Waals surface area contributed by atoms with Crippen LogP contribution in [-0.4, -0.2) is 40.3 Å². The van der Waals surface area contributed by atoms with E-state index in [9.17, 15) is 9.59 Å². The highest BCUT2D eigenvalue weighted by atomic mass is 32.1. The molecule has 1 heterocycles. The van der Waals surface area contributed by atoms with Gasteiger partial charge >= 0.3 is 12.2 Å². The fraction of sp³-hybridized carbons (Fsp3) is 0.312. The first-order valence-electron chi connectivity index (χ1n) is 7.45. The zero-order valence-corrected chi connectivity index (χ0v) is 13.9. The van der Waals surface area contributed by atoms with E-state index in [0.29, 0.717) is 19.5 Å². The molecule has 2 aromatic rings. The lowest BCUT2D eigenvalue weighted by Gasteiger charge is -2.22. The van der Waals surface area contributed by atoms with Gasteiger partial charge in [0.05, 0.1) is 10.4 Å². The molecule has 0 saturated carbocycles. The predicted molar refractivity (Wildman–Crippen MR) is 89.8 cm³/mol. The molecule has 0 fully saturated rings. The molecule has 7 nitrogen and oxygen atoms in total. The van der Waals surface area contributed by atoms with Gasteiger partial charge in [0, 0.05) is 25.8 Å². The van der Waals surface area contributed by atoms with Gasteiger partial charge in [-0.25, -0.2) is 9.59 Å². The Hall–Kier alpha value is -2.61. The van der Waals surface area contributed by atoms with E-state index in [4.69, 9.17) is 9.84 Å². The summed E-state index contributed by atoms with van der Waals surface area (Å²) in [5, 5.41) is 10.9. The van der Waals surface area contributed by atoms with Gasteiger partial charge in [0.1, 0.15) is 6.61 Å². The van der Waals surface area contributed by atoms with Gasteiger partial charge in [0.25, 0.3) is 0 Å². The lowest BCUT2D eigenvalue weighted by molar-refractivity contribution is 0.0940. The molecule has 2 amide bonds. The number of carbonyl (C=O) groups excluding carboxylic acids is 1. The Morgan fingerprint density at radius 2 is 2.08 bits per heavy atom. The van der Waals surface area contributed by atoms with Crippen molar-refractivity contribution in [2.24, 2.45) is 0 Å². The zero-order valence-electron chi connectivity index (χ0n) is 13.1. The van der Waals surface area contributed by atoms with Crippen LogP contribution < -0.4 is 5.32 Å². The quantitative estimate of drug-likeness (QED) is 0.715. The third-order valence-corrected chi connectivity index (χ3v) is 3.93. The number of hydrogen-bond donors (Lipinski definition) is 2. The Morgan fingerprint density at radius 1 is 1.29 bits per heavy atom. The summed E-state index contributed by atoms with van der Waals surface area (Å²) in [6, 6.07) is 9.58. The van der Waals surface area contributed by atoms with E-state index >= 15 is 0 Å². The Labute approximate surface area is 143 Å². The number of benzene rings is 1. The van der Waals surface area contributed by atoms with E-state index in [-0.39, 0.29) is 13.2 Å². The molecule has 0 spiro atoms. The summed E-state index contributed by atoms with van der Waals surface area (Å²) in [6.07, 6.45) is 0.672. The van der Waals surface area contributed by atoms with Crippen molar-refractivity contribution in [3.63, 3.8) is 0 Å². The molecule has 0 aliphatic rings. The second-order valence-corrected chi connectivity index (χ2v) is 5.99. The maximum Gasteiger partial charge on any atom is 0.410 e. The smallest absolute Gasteiger partial charge is 0.410 e. The fourth-order valence-electron chi connectivity index (χ4n) is 2.04. The van der Waals surface area contributed by atoms with Crippen molar-refractivity contribution in [2.45, 2.75) is 19.6 Å². The molecule has 1 aromatic heterocycles. The lowest BCUT2D eigenvalue weighted by Crippen LogP contribution is -2.34. The molecule has 2 rings (SSSR count). The first-order chi connectivity index (χ1) is 11.6. The molecule has 8 heteroatoms. The molecule has 0 atom stereocenters. The van der Waals surface area contributed by atoms with Gasteiger partial charge in [-0.3, -0.25) is 4.98 Å². The van der Waals surface area contributed by atoms with Gasteiger partial charge in [-0.05, 0) is 12.0 Å². The van der Waals surface area contributed by atoms with E-state index in [2.05, 4.69) is 10.3 Å². The summed E-state index contributed by atoms with van der Waals surface area (Å²) in [5.74, 6) is 0. The molecule has 24 heavy (non-hydrogen) atoms. The Morgan fingerprint density at radius 3 is 2.75 bits per heavy atom. The molecule has 0 aliphatic heterocycles. The van der Waals surface area contributed by atoms with E-state index in [1.54, 1.807) is 16.6 Å². The summed E-state index contributed by atoms with van der Waals surface area (Å²) in [5.41, 5.74) is 2.67. The minimum absolute atomic E-state index is 0.183. The fourth-order valence-corrected chi connectivity index (χ4v) is 2.55. The summed E-state index contributed by atoms with van der Waals surface area (Å²) in [7, 11) is 0. The van der Waals surface area contributed by atoms with E-state index < -0.39 is 12.2 Å². The Kier molecular flexibility index (Phi) is 7.03. The number of carbonyl (C=O) groups is 2. The van der Waals surface area contributed by atoms with Gasteiger partial charge in [-0.1, -0.05) is 30.3 Å². The highest BCUT2D eigenvalue weighted by molar-refractivity contribution is 7.09. The lowest BCUT2D eigenvalue weighted by atomic mass is 10.2. The number of nitrogens with one attached hydrogen (secondary N) is 1. The average Bonchev–Trinajstić information content (AvgIpc) is 3.09. The summed E-state index contributed by atoms with van der Waals surface area (Å²) in [4.78, 5) is 29.2. The summed E-state index contributed by atoms with van der Waals surface area (Å²) < 4.78 is 5.32. The second kappa shape index (κ2) is 9.51. The monoisotopic (exact) mass is 349 g/mol. The van der Waals surface area contributed by atoms with E-state index in [0.717, 1.165) is 10.4 Å². The standard InChI is InChI=1S/C16H19N3O4S/c20-15(21)18-7-4-8-19(10-13-5-2-1-3-6-13)16(22)23-11-14-9-17-12-24-14/h1-3,5-6,9,12,18H,4,7-8,10-11H2,(H,20,21). The van der Waals surface area contributed by atoms with Gasteiger partial charge in [-0.15, -0.1) is 11.3 Å². The molecular weight excluding hydrogens is 330 g/mol. The molecule has 0 bridgehead atoms. The minimum atomic E-state index is -1.07. The van der Waals surface area contributed by atoms with Gasteiger partial charge in [0.2, 0.25) is 0 Å². The van der Waals surface area contributed by atoms with Crippen LogP contribution in [0.25, 0.3) is 0 Å². The number of rotatable bonds is 8. The van der Waals surface area contributed by atoms with Crippen LogP contribution in [0.5, 0.6) is 0 Å². The maximum absolute atomic E-state index is 12.3. The van der Waals surface area contributed by atoms with Crippen LogP contribution in [0.15, 0.2) is 42.0 Å². The summed E-state index contributed by atoms with van der Waals surface area (Å²) in [6.45, 7) is 1.27. The number of thiazole rings is 1. The van der Waals surface area contributed by atoms with Crippen LogP contribution in [-0.2, 0) is 17.9 Å². The number of hydrogen-bond acceptors (Lipinski definition) is 5.